The van der Waals surface area contributed by atoms with Crippen LogP contribution in [-0.4, -0.2) is 35.3 Å². The van der Waals surface area contributed by atoms with Crippen LogP contribution in [0.3, 0.4) is 0 Å². The number of hydrogen-bond acceptors (Lipinski definition) is 4. The number of carboxylic acids is 1. The summed E-state index contributed by atoms with van der Waals surface area (Å²) in [5, 5.41) is 19.5. The van der Waals surface area contributed by atoms with Crippen LogP contribution in [0.5, 0.6) is 5.75 Å². The molecule has 134 valence electrons. The molecule has 0 aliphatic heterocycles. The number of pyridine rings is 1. The van der Waals surface area contributed by atoms with Crippen molar-refractivity contribution in [1.29, 1.82) is 0 Å². The maximum Gasteiger partial charge on any atom is 0.345 e. The van der Waals surface area contributed by atoms with Crippen molar-refractivity contribution < 1.29 is 15.0 Å². The molecule has 0 spiro atoms. The van der Waals surface area contributed by atoms with Gasteiger partial charge in [0.2, 0.25) is 0 Å². The Hall–Kier alpha value is -2.47. The van der Waals surface area contributed by atoms with E-state index in [4.69, 9.17) is 5.11 Å². The number of aromatic hydroxyl groups is 1. The Bertz CT molecular complexity index is 903. The average Bonchev–Trinajstić information content (AvgIpc) is 2.67. The van der Waals surface area contributed by atoms with Crippen molar-refractivity contribution >= 4 is 24.1 Å². The Balaban J connectivity index is 0.00000225. The van der Waals surface area contributed by atoms with Gasteiger partial charge in [-0.1, -0.05) is 6.07 Å². The third kappa shape index (κ3) is 2.98. The number of halogens is 1. The van der Waals surface area contributed by atoms with Crippen molar-refractivity contribution in [3.8, 4) is 17.0 Å². The third-order valence-electron chi connectivity index (χ3n) is 4.68. The summed E-state index contributed by atoms with van der Waals surface area (Å²) in [6, 6.07) is 3.90. The van der Waals surface area contributed by atoms with Gasteiger partial charge in [0.25, 0.3) is 5.56 Å². The quantitative estimate of drug-likeness (QED) is 0.761. The van der Waals surface area contributed by atoms with E-state index in [9.17, 15) is 14.7 Å². The van der Waals surface area contributed by atoms with E-state index in [1.54, 1.807) is 0 Å². The summed E-state index contributed by atoms with van der Waals surface area (Å²) >= 11 is 0. The number of aromatic carboxylic acids is 1. The van der Waals surface area contributed by atoms with Gasteiger partial charge in [-0.3, -0.25) is 4.79 Å². The minimum Gasteiger partial charge on any atom is -0.506 e. The summed E-state index contributed by atoms with van der Waals surface area (Å²) < 4.78 is 0. The molecule has 1 aromatic heterocycles. The van der Waals surface area contributed by atoms with E-state index in [1.165, 1.54) is 0 Å². The standard InChI is InChI=1S/C18H20N2O4.ClH/c1-9-10-5-4-6-12-15(11(10)7-8-13(9)20(2)3)19-17(22)14(16(12)21)18(23)24;/h7-8H,4-6H2,1-3H3,(H,23,24)(H2,19,21,22);1H. The van der Waals surface area contributed by atoms with Crippen molar-refractivity contribution in [2.45, 2.75) is 26.2 Å². The Morgan fingerprint density at radius 3 is 2.44 bits per heavy atom. The second-order valence-corrected chi connectivity index (χ2v) is 6.32. The lowest BCUT2D eigenvalue weighted by Crippen LogP contribution is -2.20. The summed E-state index contributed by atoms with van der Waals surface area (Å²) in [6.07, 6.45) is 2.10. The monoisotopic (exact) mass is 364 g/mol. The van der Waals surface area contributed by atoms with Crippen molar-refractivity contribution in [2.24, 2.45) is 0 Å². The summed E-state index contributed by atoms with van der Waals surface area (Å²) in [5.41, 5.74) is 3.89. The Morgan fingerprint density at radius 1 is 1.20 bits per heavy atom. The molecule has 0 saturated carbocycles. The van der Waals surface area contributed by atoms with Crippen LogP contribution in [-0.2, 0) is 12.8 Å². The highest BCUT2D eigenvalue weighted by Crippen LogP contribution is 2.39. The molecule has 6 nitrogen and oxygen atoms in total. The number of nitrogens with zero attached hydrogens (tertiary/aromatic N) is 1. The van der Waals surface area contributed by atoms with Crippen molar-refractivity contribution in [1.82, 2.24) is 4.98 Å². The molecular formula is C18H21ClN2O4. The lowest BCUT2D eigenvalue weighted by atomic mass is 9.95. The summed E-state index contributed by atoms with van der Waals surface area (Å²) in [4.78, 5) is 28.1. The first-order chi connectivity index (χ1) is 11.3. The van der Waals surface area contributed by atoms with Crippen LogP contribution >= 0.6 is 12.4 Å². The Labute approximate surface area is 151 Å². The Morgan fingerprint density at radius 2 is 1.84 bits per heavy atom. The van der Waals surface area contributed by atoms with Gasteiger partial charge in [0, 0.05) is 30.9 Å². The molecule has 0 atom stereocenters. The minimum atomic E-state index is -1.42. The van der Waals surface area contributed by atoms with Gasteiger partial charge >= 0.3 is 5.97 Å². The molecule has 0 amide bonds. The van der Waals surface area contributed by atoms with Crippen LogP contribution in [0.1, 0.15) is 33.5 Å². The van der Waals surface area contributed by atoms with Crippen molar-refractivity contribution in [3.63, 3.8) is 0 Å². The normalized spacial score (nSPS) is 12.4. The number of rotatable bonds is 2. The highest BCUT2D eigenvalue weighted by molar-refractivity contribution is 5.92. The molecular weight excluding hydrogens is 344 g/mol. The molecule has 0 fully saturated rings. The first-order valence-corrected chi connectivity index (χ1v) is 7.84. The zero-order chi connectivity index (χ0) is 17.6. The molecule has 1 aromatic carbocycles. The zero-order valence-corrected chi connectivity index (χ0v) is 15.2. The molecule has 3 rings (SSSR count). The van der Waals surface area contributed by atoms with Crippen LogP contribution in [0, 0.1) is 6.92 Å². The number of nitrogens with one attached hydrogen (secondary N) is 1. The smallest absolute Gasteiger partial charge is 0.345 e. The largest absolute Gasteiger partial charge is 0.506 e. The highest BCUT2D eigenvalue weighted by Gasteiger charge is 2.26. The zero-order valence-electron chi connectivity index (χ0n) is 14.3. The van der Waals surface area contributed by atoms with E-state index in [2.05, 4.69) is 4.98 Å². The van der Waals surface area contributed by atoms with E-state index in [-0.39, 0.29) is 12.4 Å². The average molecular weight is 365 g/mol. The van der Waals surface area contributed by atoms with Crippen LogP contribution in [0.4, 0.5) is 5.69 Å². The number of anilines is 1. The first-order valence-electron chi connectivity index (χ1n) is 7.84. The van der Waals surface area contributed by atoms with Crippen LogP contribution in [0.15, 0.2) is 16.9 Å². The topological polar surface area (TPSA) is 93.6 Å². The molecule has 1 aliphatic rings. The molecule has 0 unspecified atom stereocenters. The molecule has 0 bridgehead atoms. The second kappa shape index (κ2) is 6.80. The summed E-state index contributed by atoms with van der Waals surface area (Å²) in [7, 11) is 3.96. The third-order valence-corrected chi connectivity index (χ3v) is 4.68. The summed E-state index contributed by atoms with van der Waals surface area (Å²) in [6.45, 7) is 2.04. The van der Waals surface area contributed by atoms with E-state index < -0.39 is 22.8 Å². The number of carboxylic acid groups (broad SMARTS) is 1. The Kier molecular flexibility index (Phi) is 5.13. The predicted molar refractivity (Wildman–Crippen MR) is 99.5 cm³/mol. The van der Waals surface area contributed by atoms with Gasteiger partial charge in [0.1, 0.15) is 5.75 Å². The van der Waals surface area contributed by atoms with Crippen molar-refractivity contribution in [3.05, 3.63) is 44.7 Å². The number of aromatic amines is 1. The molecule has 25 heavy (non-hydrogen) atoms. The fourth-order valence-corrected chi connectivity index (χ4v) is 3.53. The number of fused-ring (bicyclic) bond motifs is 3. The van der Waals surface area contributed by atoms with Crippen LogP contribution < -0.4 is 10.5 Å². The molecule has 1 aliphatic carbocycles. The summed E-state index contributed by atoms with van der Waals surface area (Å²) in [5.74, 6) is -1.83. The second-order valence-electron chi connectivity index (χ2n) is 6.32. The van der Waals surface area contributed by atoms with Gasteiger partial charge in [-0.05, 0) is 43.4 Å². The lowest BCUT2D eigenvalue weighted by molar-refractivity contribution is 0.0691. The van der Waals surface area contributed by atoms with Crippen molar-refractivity contribution in [2.75, 3.05) is 19.0 Å². The number of carbonyl (C=O) groups is 1. The molecule has 2 aromatic rings. The SMILES string of the molecule is Cc1c(N(C)C)ccc2c1CCCc1c-2[nH]c(=O)c(C(=O)O)c1O.Cl. The van der Waals surface area contributed by atoms with Crippen LogP contribution in [0.25, 0.3) is 11.3 Å². The van der Waals surface area contributed by atoms with Gasteiger partial charge < -0.3 is 20.1 Å². The number of aromatic nitrogens is 1. The number of hydrogen-bond donors (Lipinski definition) is 3. The van der Waals surface area contributed by atoms with Gasteiger partial charge in [-0.25, -0.2) is 4.79 Å². The fraction of sp³-hybridized carbons (Fsp3) is 0.333. The minimum absolute atomic E-state index is 0. The van der Waals surface area contributed by atoms with E-state index >= 15 is 0 Å². The molecule has 0 saturated heterocycles. The van der Waals surface area contributed by atoms with Gasteiger partial charge in [-0.15, -0.1) is 12.4 Å². The maximum absolute atomic E-state index is 12.1. The molecule has 7 heteroatoms. The van der Waals surface area contributed by atoms with E-state index in [1.807, 2.05) is 38.1 Å². The van der Waals surface area contributed by atoms with Gasteiger partial charge in [-0.2, -0.15) is 0 Å². The predicted octanol–water partition coefficient (Wildman–Crippen LogP) is 2.73. The highest BCUT2D eigenvalue weighted by atomic mass is 35.5. The molecule has 0 radical (unpaired) electrons. The number of H-pyrrole nitrogens is 1. The van der Waals surface area contributed by atoms with E-state index in [0.29, 0.717) is 17.7 Å². The molecule has 3 N–H and O–H groups in total. The first kappa shape index (κ1) is 18.9. The van der Waals surface area contributed by atoms with Gasteiger partial charge in [0.05, 0.1) is 5.69 Å². The molecule has 1 heterocycles. The number of benzene rings is 1. The van der Waals surface area contributed by atoms with E-state index in [0.717, 1.165) is 35.2 Å². The van der Waals surface area contributed by atoms with Gasteiger partial charge in [0.15, 0.2) is 5.56 Å². The van der Waals surface area contributed by atoms with Crippen LogP contribution in [0.2, 0.25) is 0 Å². The fourth-order valence-electron chi connectivity index (χ4n) is 3.53. The maximum atomic E-state index is 12.1. The lowest BCUT2D eigenvalue weighted by Gasteiger charge is -2.20.